The molecular weight excluding hydrogens is 291 g/mol. The van der Waals surface area contributed by atoms with Crippen LogP contribution in [0.4, 0.5) is 4.39 Å². The van der Waals surface area contributed by atoms with Crippen molar-refractivity contribution in [3.8, 4) is 0 Å². The highest BCUT2D eigenvalue weighted by Crippen LogP contribution is 2.66. The van der Waals surface area contributed by atoms with Gasteiger partial charge >= 0.3 is 0 Å². The maximum absolute atomic E-state index is 15.3. The maximum atomic E-state index is 15.3. The van der Waals surface area contributed by atoms with Gasteiger partial charge in [-0.1, -0.05) is 26.0 Å². The average molecular weight is 318 g/mol. The van der Waals surface area contributed by atoms with Gasteiger partial charge in [0.25, 0.3) is 0 Å². The number of hydrogen-bond acceptors (Lipinski definition) is 2. The number of rotatable bonds is 0. The van der Waals surface area contributed by atoms with Crippen LogP contribution in [0.3, 0.4) is 0 Å². The van der Waals surface area contributed by atoms with Crippen LogP contribution < -0.4 is 0 Å². The largest absolute Gasteiger partial charge is 0.300 e. The molecule has 0 radical (unpaired) electrons. The Labute approximate surface area is 137 Å². The molecule has 0 amide bonds. The smallest absolute Gasteiger partial charge is 0.139 e. The lowest BCUT2D eigenvalue weighted by atomic mass is 9.44. The molecule has 4 unspecified atom stereocenters. The predicted molar refractivity (Wildman–Crippen MR) is 86.5 cm³/mol. The maximum Gasteiger partial charge on any atom is 0.139 e. The highest BCUT2D eigenvalue weighted by molar-refractivity contribution is 5.87. The number of carbonyl (C=O) groups is 2. The first kappa shape index (κ1) is 15.5. The Morgan fingerprint density at radius 2 is 1.91 bits per heavy atom. The Bertz CT molecular complexity index is 596. The monoisotopic (exact) mass is 318 g/mol. The Morgan fingerprint density at radius 3 is 2.65 bits per heavy atom. The van der Waals surface area contributed by atoms with Gasteiger partial charge in [-0.2, -0.15) is 0 Å². The second-order valence-corrected chi connectivity index (χ2v) is 9.06. The minimum atomic E-state index is -0.919. The highest BCUT2D eigenvalue weighted by Gasteiger charge is 2.64. The summed E-state index contributed by atoms with van der Waals surface area (Å²) in [6, 6.07) is 0. The molecule has 4 aliphatic carbocycles. The summed E-state index contributed by atoms with van der Waals surface area (Å²) in [6.07, 6.45) is 3.72. The van der Waals surface area contributed by atoms with Gasteiger partial charge in [0.1, 0.15) is 17.7 Å². The Hall–Kier alpha value is -0.990. The van der Waals surface area contributed by atoms with Gasteiger partial charge in [0.2, 0.25) is 0 Å². The third kappa shape index (κ3) is 1.91. The molecule has 4 aliphatic rings. The molecule has 0 bridgehead atoms. The molecule has 0 aliphatic heterocycles. The quantitative estimate of drug-likeness (QED) is 0.625. The van der Waals surface area contributed by atoms with Crippen molar-refractivity contribution in [1.82, 2.24) is 0 Å². The van der Waals surface area contributed by atoms with Crippen LogP contribution in [-0.2, 0) is 9.59 Å². The number of halogens is 1. The van der Waals surface area contributed by atoms with Gasteiger partial charge in [0, 0.05) is 24.7 Å². The fraction of sp³-hybridized carbons (Fsp3) is 0.800. The summed E-state index contributed by atoms with van der Waals surface area (Å²) >= 11 is 0. The molecule has 0 aromatic carbocycles. The molecule has 23 heavy (non-hydrogen) atoms. The Kier molecular flexibility index (Phi) is 3.22. The SMILES string of the molecule is C=C1CC2C3CCC(=O)[C@@]3(C)CC(F)C2[C@@]2(C)CCC(=O)C[C@H]12. The molecule has 0 heterocycles. The number of allylic oxidation sites excluding steroid dienone is 1. The number of alkyl halides is 1. The zero-order chi connectivity index (χ0) is 16.6. The highest BCUT2D eigenvalue weighted by atomic mass is 19.1. The molecule has 7 atom stereocenters. The van der Waals surface area contributed by atoms with Crippen molar-refractivity contribution in [2.45, 2.75) is 65.0 Å². The molecule has 126 valence electrons. The van der Waals surface area contributed by atoms with Crippen molar-refractivity contribution < 1.29 is 14.0 Å². The van der Waals surface area contributed by atoms with Crippen LogP contribution in [0.5, 0.6) is 0 Å². The van der Waals surface area contributed by atoms with E-state index in [1.54, 1.807) is 0 Å². The van der Waals surface area contributed by atoms with Crippen molar-refractivity contribution in [1.29, 1.82) is 0 Å². The minimum absolute atomic E-state index is 0.00456. The van der Waals surface area contributed by atoms with Gasteiger partial charge in [-0.15, -0.1) is 0 Å². The molecular formula is C20H27FO2. The van der Waals surface area contributed by atoms with Crippen LogP contribution in [0.1, 0.15) is 58.8 Å². The summed E-state index contributed by atoms with van der Waals surface area (Å²) in [5.74, 6) is 1.25. The average Bonchev–Trinajstić information content (AvgIpc) is 2.76. The van der Waals surface area contributed by atoms with E-state index in [0.29, 0.717) is 37.4 Å². The van der Waals surface area contributed by atoms with E-state index < -0.39 is 11.6 Å². The summed E-state index contributed by atoms with van der Waals surface area (Å²) in [5.41, 5.74) is 0.520. The third-order valence-electron chi connectivity index (χ3n) is 8.05. The van der Waals surface area contributed by atoms with E-state index in [1.165, 1.54) is 0 Å². The number of hydrogen-bond donors (Lipinski definition) is 0. The van der Waals surface area contributed by atoms with Crippen LogP contribution in [0.15, 0.2) is 12.2 Å². The first-order valence-electron chi connectivity index (χ1n) is 9.14. The van der Waals surface area contributed by atoms with Crippen molar-refractivity contribution in [2.75, 3.05) is 0 Å². The standard InChI is InChI=1S/C20H27FO2/c1-11-8-13-14-4-5-17(23)20(14,3)10-16(21)18(13)19(2)7-6-12(22)9-15(11)19/h13-16,18H,1,4-10H2,2-3H3/t13?,14?,15-,16?,18?,19+,20+/m1/s1. The van der Waals surface area contributed by atoms with Crippen LogP contribution in [0, 0.1) is 34.5 Å². The van der Waals surface area contributed by atoms with Gasteiger partial charge in [-0.3, -0.25) is 9.59 Å². The molecule has 0 aromatic heterocycles. The van der Waals surface area contributed by atoms with Gasteiger partial charge in [0.15, 0.2) is 0 Å². The molecule has 0 aromatic rings. The predicted octanol–water partition coefficient (Wildman–Crippen LogP) is 4.28. The number of fused-ring (bicyclic) bond motifs is 5. The minimum Gasteiger partial charge on any atom is -0.300 e. The first-order chi connectivity index (χ1) is 10.8. The second kappa shape index (κ2) is 4.77. The summed E-state index contributed by atoms with van der Waals surface area (Å²) in [7, 11) is 0. The van der Waals surface area contributed by atoms with E-state index in [1.807, 2.05) is 6.92 Å². The van der Waals surface area contributed by atoms with Gasteiger partial charge in [-0.05, 0) is 54.8 Å². The molecule has 0 saturated heterocycles. The molecule has 4 fully saturated rings. The van der Waals surface area contributed by atoms with Crippen LogP contribution in [0.2, 0.25) is 0 Å². The van der Waals surface area contributed by atoms with E-state index in [-0.39, 0.29) is 29.0 Å². The first-order valence-corrected chi connectivity index (χ1v) is 9.14. The molecule has 0 N–H and O–H groups in total. The van der Waals surface area contributed by atoms with E-state index in [9.17, 15) is 9.59 Å². The van der Waals surface area contributed by atoms with E-state index in [2.05, 4.69) is 13.5 Å². The zero-order valence-corrected chi connectivity index (χ0v) is 14.2. The van der Waals surface area contributed by atoms with Crippen molar-refractivity contribution >= 4 is 11.6 Å². The topological polar surface area (TPSA) is 34.1 Å². The second-order valence-electron chi connectivity index (χ2n) is 9.06. The molecule has 3 heteroatoms. The third-order valence-corrected chi connectivity index (χ3v) is 8.05. The van der Waals surface area contributed by atoms with Crippen molar-refractivity contribution in [3.05, 3.63) is 12.2 Å². The van der Waals surface area contributed by atoms with Crippen molar-refractivity contribution in [3.63, 3.8) is 0 Å². The number of ketones is 2. The van der Waals surface area contributed by atoms with Gasteiger partial charge < -0.3 is 0 Å². The Balaban J connectivity index is 1.76. The normalized spacial score (nSPS) is 52.8. The fourth-order valence-corrected chi connectivity index (χ4v) is 6.87. The molecule has 2 nitrogen and oxygen atoms in total. The lowest BCUT2D eigenvalue weighted by molar-refractivity contribution is -0.150. The van der Waals surface area contributed by atoms with Crippen LogP contribution >= 0.6 is 0 Å². The Morgan fingerprint density at radius 1 is 1.17 bits per heavy atom. The van der Waals surface area contributed by atoms with Crippen LogP contribution in [0.25, 0.3) is 0 Å². The van der Waals surface area contributed by atoms with Gasteiger partial charge in [0.05, 0.1) is 0 Å². The number of Topliss-reactive ketones (excluding diaryl/α,β-unsaturated/α-hetero) is 2. The van der Waals surface area contributed by atoms with Gasteiger partial charge in [-0.25, -0.2) is 4.39 Å². The molecule has 4 rings (SSSR count). The zero-order valence-electron chi connectivity index (χ0n) is 14.2. The van der Waals surface area contributed by atoms with Crippen molar-refractivity contribution in [2.24, 2.45) is 34.5 Å². The number of carbonyl (C=O) groups excluding carboxylic acids is 2. The van der Waals surface area contributed by atoms with Crippen LogP contribution in [-0.4, -0.2) is 17.7 Å². The summed E-state index contributed by atoms with van der Waals surface area (Å²) in [4.78, 5) is 24.3. The summed E-state index contributed by atoms with van der Waals surface area (Å²) in [5, 5.41) is 0. The van der Waals surface area contributed by atoms with E-state index in [4.69, 9.17) is 0 Å². The summed E-state index contributed by atoms with van der Waals surface area (Å²) < 4.78 is 15.3. The van der Waals surface area contributed by atoms with E-state index >= 15 is 4.39 Å². The van der Waals surface area contributed by atoms with E-state index in [0.717, 1.165) is 24.8 Å². The lowest BCUT2D eigenvalue weighted by Gasteiger charge is -2.60. The summed E-state index contributed by atoms with van der Waals surface area (Å²) in [6.45, 7) is 8.48. The molecule has 0 spiro atoms. The molecule has 4 saturated carbocycles. The fourth-order valence-electron chi connectivity index (χ4n) is 6.87. The lowest BCUT2D eigenvalue weighted by Crippen LogP contribution is -2.58.